The van der Waals surface area contributed by atoms with Crippen molar-refractivity contribution in [2.75, 3.05) is 19.6 Å². The minimum atomic E-state index is -3.62. The maximum Gasteiger partial charge on any atom is 0.241 e. The Morgan fingerprint density at radius 2 is 2.04 bits per heavy atom. The van der Waals surface area contributed by atoms with Crippen LogP contribution in [-0.2, 0) is 14.8 Å². The third-order valence-corrected chi connectivity index (χ3v) is 6.31. The highest BCUT2D eigenvalue weighted by atomic mass is 32.2. The number of likely N-dealkylation sites (tertiary alicyclic amines) is 1. The standard InChI is InChI=1S/C19H25N3O3S/c1-15-9-10-17(16-7-5-11-20-19(15)16)26(24,25)21-12-6-14-22-13-4-2-3-8-18(22)23/h5,7,9-11,21H,2-4,6,8,12-14H2,1H3. The van der Waals surface area contributed by atoms with Gasteiger partial charge in [-0.2, -0.15) is 0 Å². The van der Waals surface area contributed by atoms with Crippen LogP contribution >= 0.6 is 0 Å². The lowest BCUT2D eigenvalue weighted by Crippen LogP contribution is -2.34. The number of aryl methyl sites for hydroxylation is 1. The lowest BCUT2D eigenvalue weighted by Gasteiger charge is -2.20. The summed E-state index contributed by atoms with van der Waals surface area (Å²) in [5, 5.41) is 0.627. The van der Waals surface area contributed by atoms with E-state index in [9.17, 15) is 13.2 Å². The molecule has 0 aliphatic carbocycles. The Morgan fingerprint density at radius 1 is 1.19 bits per heavy atom. The number of sulfonamides is 1. The van der Waals surface area contributed by atoms with Gasteiger partial charge >= 0.3 is 0 Å². The fourth-order valence-corrected chi connectivity index (χ4v) is 4.62. The summed E-state index contributed by atoms with van der Waals surface area (Å²) in [7, 11) is -3.62. The number of rotatable bonds is 6. The first kappa shape index (κ1) is 18.8. The summed E-state index contributed by atoms with van der Waals surface area (Å²) in [6.07, 6.45) is 5.94. The molecule has 3 rings (SSSR count). The number of amides is 1. The molecule has 2 aromatic rings. The van der Waals surface area contributed by atoms with Gasteiger partial charge in [0, 0.05) is 37.6 Å². The summed E-state index contributed by atoms with van der Waals surface area (Å²) in [6, 6.07) is 6.92. The van der Waals surface area contributed by atoms with Gasteiger partial charge in [0.05, 0.1) is 10.4 Å². The van der Waals surface area contributed by atoms with Gasteiger partial charge in [-0.1, -0.05) is 12.5 Å². The topological polar surface area (TPSA) is 79.4 Å². The normalized spacial score (nSPS) is 16.0. The van der Waals surface area contributed by atoms with Gasteiger partial charge in [-0.3, -0.25) is 9.78 Å². The minimum absolute atomic E-state index is 0.181. The van der Waals surface area contributed by atoms with E-state index in [0.29, 0.717) is 36.8 Å². The van der Waals surface area contributed by atoms with Crippen LogP contribution in [0.3, 0.4) is 0 Å². The zero-order chi connectivity index (χ0) is 18.6. The Labute approximate surface area is 154 Å². The number of nitrogens with zero attached hydrogens (tertiary/aromatic N) is 2. The Morgan fingerprint density at radius 3 is 2.88 bits per heavy atom. The predicted molar refractivity (Wildman–Crippen MR) is 101 cm³/mol. The van der Waals surface area contributed by atoms with Crippen molar-refractivity contribution in [2.24, 2.45) is 0 Å². The van der Waals surface area contributed by atoms with E-state index in [4.69, 9.17) is 0 Å². The molecule has 0 spiro atoms. The van der Waals surface area contributed by atoms with E-state index in [-0.39, 0.29) is 10.8 Å². The van der Waals surface area contributed by atoms with Crippen LogP contribution in [0.4, 0.5) is 0 Å². The molecule has 6 nitrogen and oxygen atoms in total. The zero-order valence-corrected chi connectivity index (χ0v) is 15.9. The summed E-state index contributed by atoms with van der Waals surface area (Å²) in [4.78, 5) is 18.4. The van der Waals surface area contributed by atoms with E-state index in [1.807, 2.05) is 11.8 Å². The summed E-state index contributed by atoms with van der Waals surface area (Å²) in [5.74, 6) is 0.181. The first-order chi connectivity index (χ1) is 12.5. The van der Waals surface area contributed by atoms with Crippen molar-refractivity contribution in [2.45, 2.75) is 43.9 Å². The van der Waals surface area contributed by atoms with Crippen molar-refractivity contribution in [1.82, 2.24) is 14.6 Å². The molecule has 26 heavy (non-hydrogen) atoms. The summed E-state index contributed by atoms with van der Waals surface area (Å²) >= 11 is 0. The van der Waals surface area contributed by atoms with Crippen molar-refractivity contribution in [1.29, 1.82) is 0 Å². The van der Waals surface area contributed by atoms with Crippen LogP contribution in [0.2, 0.25) is 0 Å². The van der Waals surface area contributed by atoms with E-state index in [2.05, 4.69) is 9.71 Å². The van der Waals surface area contributed by atoms with Gasteiger partial charge in [-0.25, -0.2) is 13.1 Å². The molecule has 1 aromatic carbocycles. The van der Waals surface area contributed by atoms with Crippen LogP contribution in [0.1, 0.15) is 37.7 Å². The summed E-state index contributed by atoms with van der Waals surface area (Å²) < 4.78 is 28.1. The zero-order valence-electron chi connectivity index (χ0n) is 15.1. The van der Waals surface area contributed by atoms with Gasteiger partial charge in [-0.15, -0.1) is 0 Å². The molecule has 0 bridgehead atoms. The van der Waals surface area contributed by atoms with Crippen LogP contribution < -0.4 is 4.72 Å². The minimum Gasteiger partial charge on any atom is -0.343 e. The van der Waals surface area contributed by atoms with Gasteiger partial charge in [0.1, 0.15) is 0 Å². The lowest BCUT2D eigenvalue weighted by atomic mass is 10.1. The van der Waals surface area contributed by atoms with E-state index in [1.165, 1.54) is 0 Å². The molecular weight excluding hydrogens is 350 g/mol. The van der Waals surface area contributed by atoms with Gasteiger partial charge in [0.15, 0.2) is 0 Å². The Hall–Kier alpha value is -1.99. The molecule has 2 heterocycles. The van der Waals surface area contributed by atoms with Crippen molar-refractivity contribution in [3.8, 4) is 0 Å². The van der Waals surface area contributed by atoms with Crippen LogP contribution in [0, 0.1) is 6.92 Å². The van der Waals surface area contributed by atoms with Crippen molar-refractivity contribution in [3.63, 3.8) is 0 Å². The number of hydrogen-bond donors (Lipinski definition) is 1. The Balaban J connectivity index is 1.65. The number of pyridine rings is 1. The molecule has 1 aliphatic heterocycles. The smallest absolute Gasteiger partial charge is 0.241 e. The van der Waals surface area contributed by atoms with Gasteiger partial charge in [0.2, 0.25) is 15.9 Å². The molecule has 0 unspecified atom stereocenters. The van der Waals surface area contributed by atoms with E-state index in [0.717, 1.165) is 31.4 Å². The highest BCUT2D eigenvalue weighted by Gasteiger charge is 2.19. The van der Waals surface area contributed by atoms with Gasteiger partial charge in [0.25, 0.3) is 0 Å². The maximum atomic E-state index is 12.7. The Bertz CT molecular complexity index is 896. The van der Waals surface area contributed by atoms with E-state index < -0.39 is 10.0 Å². The molecule has 1 fully saturated rings. The summed E-state index contributed by atoms with van der Waals surface area (Å²) in [5.41, 5.74) is 1.64. The second-order valence-corrected chi connectivity index (χ2v) is 8.46. The molecule has 1 amide bonds. The largest absolute Gasteiger partial charge is 0.343 e. The number of carbonyl (C=O) groups is 1. The van der Waals surface area contributed by atoms with Gasteiger partial charge in [-0.05, 0) is 49.9 Å². The fraction of sp³-hybridized carbons (Fsp3) is 0.474. The third kappa shape index (κ3) is 4.22. The van der Waals surface area contributed by atoms with Crippen LogP contribution in [-0.4, -0.2) is 43.8 Å². The number of carbonyl (C=O) groups excluding carboxylic acids is 1. The first-order valence-electron chi connectivity index (χ1n) is 9.11. The quantitative estimate of drug-likeness (QED) is 0.787. The highest BCUT2D eigenvalue weighted by molar-refractivity contribution is 7.89. The molecule has 0 atom stereocenters. The molecule has 7 heteroatoms. The number of fused-ring (bicyclic) bond motifs is 1. The van der Waals surface area contributed by atoms with E-state index in [1.54, 1.807) is 30.5 Å². The number of nitrogens with one attached hydrogen (secondary N) is 1. The van der Waals surface area contributed by atoms with Crippen molar-refractivity contribution >= 4 is 26.8 Å². The molecule has 0 radical (unpaired) electrons. The van der Waals surface area contributed by atoms with Crippen molar-refractivity contribution in [3.05, 3.63) is 36.0 Å². The molecular formula is C19H25N3O3S. The monoisotopic (exact) mass is 375 g/mol. The van der Waals surface area contributed by atoms with Gasteiger partial charge < -0.3 is 4.90 Å². The number of aromatic nitrogens is 1. The molecule has 1 aliphatic rings. The highest BCUT2D eigenvalue weighted by Crippen LogP contribution is 2.24. The van der Waals surface area contributed by atoms with Crippen molar-refractivity contribution < 1.29 is 13.2 Å². The van der Waals surface area contributed by atoms with E-state index >= 15 is 0 Å². The van der Waals surface area contributed by atoms with Crippen LogP contribution in [0.15, 0.2) is 35.4 Å². The second kappa shape index (κ2) is 8.14. The molecule has 1 aromatic heterocycles. The average molecular weight is 375 g/mol. The SMILES string of the molecule is Cc1ccc(S(=O)(=O)NCCCN2CCCCCC2=O)c2cccnc12. The molecule has 1 N–H and O–H groups in total. The average Bonchev–Trinajstić information content (AvgIpc) is 2.83. The summed E-state index contributed by atoms with van der Waals surface area (Å²) in [6.45, 7) is 3.59. The fourth-order valence-electron chi connectivity index (χ4n) is 3.35. The second-order valence-electron chi connectivity index (χ2n) is 6.72. The van der Waals surface area contributed by atoms with Crippen LogP contribution in [0.5, 0.6) is 0 Å². The number of benzene rings is 1. The molecule has 140 valence electrons. The third-order valence-electron chi connectivity index (χ3n) is 4.79. The maximum absolute atomic E-state index is 12.7. The predicted octanol–water partition coefficient (Wildman–Crippen LogP) is 2.61. The van der Waals surface area contributed by atoms with Crippen LogP contribution in [0.25, 0.3) is 10.9 Å². The number of hydrogen-bond acceptors (Lipinski definition) is 4. The molecule has 0 saturated carbocycles. The Kier molecular flexibility index (Phi) is 5.88. The molecule has 1 saturated heterocycles. The lowest BCUT2D eigenvalue weighted by molar-refractivity contribution is -0.130. The first-order valence-corrected chi connectivity index (χ1v) is 10.6.